The smallest absolute Gasteiger partial charge is 0.0159 e. The van der Waals surface area contributed by atoms with Crippen LogP contribution in [0.5, 0.6) is 0 Å². The van der Waals surface area contributed by atoms with E-state index in [1.165, 1.54) is 33.4 Å². The Bertz CT molecular complexity index is 659. The van der Waals surface area contributed by atoms with Gasteiger partial charge in [0.15, 0.2) is 0 Å². The van der Waals surface area contributed by atoms with Gasteiger partial charge in [0, 0.05) is 5.41 Å². The molecule has 0 aromatic heterocycles. The van der Waals surface area contributed by atoms with Gasteiger partial charge in [-0.1, -0.05) is 63.7 Å². The summed E-state index contributed by atoms with van der Waals surface area (Å²) in [5.74, 6) is 0. The van der Waals surface area contributed by atoms with E-state index in [0.717, 1.165) is 6.42 Å². The number of fused-ring (bicyclic) bond motifs is 3. The van der Waals surface area contributed by atoms with Crippen LogP contribution in [0.1, 0.15) is 43.9 Å². The summed E-state index contributed by atoms with van der Waals surface area (Å²) in [6, 6.07) is 15.6. The first-order valence-corrected chi connectivity index (χ1v) is 6.98. The van der Waals surface area contributed by atoms with Crippen molar-refractivity contribution < 1.29 is 0 Å². The summed E-state index contributed by atoms with van der Waals surface area (Å²) >= 11 is 0. The molecule has 0 bridgehead atoms. The molecule has 19 heavy (non-hydrogen) atoms. The molecule has 0 spiro atoms. The number of rotatable bonds is 2. The van der Waals surface area contributed by atoms with Crippen LogP contribution in [0.2, 0.25) is 0 Å². The van der Waals surface area contributed by atoms with Gasteiger partial charge >= 0.3 is 0 Å². The molecule has 0 heteroatoms. The van der Waals surface area contributed by atoms with Crippen molar-refractivity contribution in [2.75, 3.05) is 0 Å². The predicted molar refractivity (Wildman–Crippen MR) is 83.3 cm³/mol. The largest absolute Gasteiger partial charge is 0.0952 e. The van der Waals surface area contributed by atoms with Crippen LogP contribution >= 0.6 is 0 Å². The molecule has 1 aliphatic rings. The topological polar surface area (TPSA) is 0 Å². The van der Waals surface area contributed by atoms with Crippen molar-refractivity contribution in [1.82, 2.24) is 0 Å². The van der Waals surface area contributed by atoms with E-state index in [4.69, 9.17) is 0 Å². The minimum Gasteiger partial charge on any atom is -0.0952 e. The van der Waals surface area contributed by atoms with Gasteiger partial charge in [0.2, 0.25) is 0 Å². The maximum Gasteiger partial charge on any atom is 0.0159 e. The zero-order valence-corrected chi connectivity index (χ0v) is 12.0. The Morgan fingerprint density at radius 3 is 2.42 bits per heavy atom. The normalized spacial score (nSPS) is 14.9. The molecule has 0 unspecified atom stereocenters. The lowest BCUT2D eigenvalue weighted by atomic mass is 9.81. The summed E-state index contributed by atoms with van der Waals surface area (Å²) in [6.45, 7) is 11.0. The average molecular weight is 248 g/mol. The van der Waals surface area contributed by atoms with Gasteiger partial charge in [0.05, 0.1) is 0 Å². The Hall–Kier alpha value is -1.82. The van der Waals surface area contributed by atoms with Crippen LogP contribution in [0.25, 0.3) is 16.7 Å². The zero-order valence-electron chi connectivity index (χ0n) is 12.0. The van der Waals surface area contributed by atoms with Crippen molar-refractivity contribution in [3.63, 3.8) is 0 Å². The number of hydrogen-bond acceptors (Lipinski definition) is 0. The average Bonchev–Trinajstić information content (AvgIpc) is 2.67. The van der Waals surface area contributed by atoms with Crippen molar-refractivity contribution in [3.05, 3.63) is 65.7 Å². The van der Waals surface area contributed by atoms with Crippen LogP contribution in [0.3, 0.4) is 0 Å². The Balaban J connectivity index is 2.24. The Labute approximate surface area is 115 Å². The van der Waals surface area contributed by atoms with E-state index in [1.54, 1.807) is 0 Å². The predicted octanol–water partition coefficient (Wildman–Crippen LogP) is 5.42. The highest BCUT2D eigenvalue weighted by molar-refractivity contribution is 5.82. The van der Waals surface area contributed by atoms with E-state index >= 15 is 0 Å². The van der Waals surface area contributed by atoms with Gasteiger partial charge in [-0.15, -0.1) is 0 Å². The molecule has 2 aromatic rings. The van der Waals surface area contributed by atoms with Gasteiger partial charge in [-0.2, -0.15) is 0 Å². The molecule has 1 aliphatic carbocycles. The maximum atomic E-state index is 4.17. The van der Waals surface area contributed by atoms with Crippen LogP contribution in [-0.2, 0) is 5.41 Å². The van der Waals surface area contributed by atoms with Gasteiger partial charge in [0.25, 0.3) is 0 Å². The highest BCUT2D eigenvalue weighted by atomic mass is 14.4. The fourth-order valence-electron chi connectivity index (χ4n) is 3.13. The molecule has 3 rings (SSSR count). The molecule has 2 aromatic carbocycles. The molecule has 0 radical (unpaired) electrons. The van der Waals surface area contributed by atoms with Crippen molar-refractivity contribution in [3.8, 4) is 11.1 Å². The maximum absolute atomic E-state index is 4.17. The van der Waals surface area contributed by atoms with E-state index < -0.39 is 0 Å². The molecule has 0 saturated carbocycles. The summed E-state index contributed by atoms with van der Waals surface area (Å²) in [5, 5.41) is 0. The second-order valence-corrected chi connectivity index (χ2v) is 5.89. The van der Waals surface area contributed by atoms with Crippen molar-refractivity contribution in [1.29, 1.82) is 0 Å². The second-order valence-electron chi connectivity index (χ2n) is 5.89. The summed E-state index contributed by atoms with van der Waals surface area (Å²) in [7, 11) is 0. The minimum atomic E-state index is 0.0932. The van der Waals surface area contributed by atoms with E-state index in [1.807, 2.05) is 0 Å². The fraction of sp³-hybridized carbons (Fsp3) is 0.263. The SMILES string of the molecule is C=C(CC)c1ccc2c(c1)C(C)(C)c1ccccc1-2. The minimum absolute atomic E-state index is 0.0932. The third kappa shape index (κ3) is 1.67. The molecule has 96 valence electrons. The van der Waals surface area contributed by atoms with Crippen molar-refractivity contribution in [2.24, 2.45) is 0 Å². The van der Waals surface area contributed by atoms with Gasteiger partial charge in [-0.05, 0) is 45.9 Å². The molecule has 0 saturated heterocycles. The van der Waals surface area contributed by atoms with Gasteiger partial charge in [-0.3, -0.25) is 0 Å². The highest BCUT2D eigenvalue weighted by Gasteiger charge is 2.35. The van der Waals surface area contributed by atoms with E-state index in [2.05, 4.69) is 69.8 Å². The van der Waals surface area contributed by atoms with Crippen LogP contribution in [-0.4, -0.2) is 0 Å². The summed E-state index contributed by atoms with van der Waals surface area (Å²) < 4.78 is 0. The zero-order chi connectivity index (χ0) is 13.6. The Morgan fingerprint density at radius 2 is 1.68 bits per heavy atom. The standard InChI is InChI=1S/C19H20/c1-5-13(2)14-10-11-16-15-8-6-7-9-17(15)19(3,4)18(16)12-14/h6-12H,2,5H2,1,3-4H3. The Morgan fingerprint density at radius 1 is 1.00 bits per heavy atom. The molecule has 0 N–H and O–H groups in total. The summed E-state index contributed by atoms with van der Waals surface area (Å²) in [5.41, 5.74) is 8.22. The fourth-order valence-corrected chi connectivity index (χ4v) is 3.13. The number of hydrogen-bond donors (Lipinski definition) is 0. The lowest BCUT2D eigenvalue weighted by molar-refractivity contribution is 0.660. The van der Waals surface area contributed by atoms with Crippen LogP contribution in [0.4, 0.5) is 0 Å². The van der Waals surface area contributed by atoms with E-state index in [0.29, 0.717) is 0 Å². The number of benzene rings is 2. The monoisotopic (exact) mass is 248 g/mol. The highest BCUT2D eigenvalue weighted by Crippen LogP contribution is 2.48. The molecule has 0 nitrogen and oxygen atoms in total. The molecule has 0 amide bonds. The second kappa shape index (κ2) is 4.09. The molecule has 0 fully saturated rings. The Kier molecular flexibility index (Phi) is 2.63. The van der Waals surface area contributed by atoms with Crippen molar-refractivity contribution in [2.45, 2.75) is 32.6 Å². The molecular weight excluding hydrogens is 228 g/mol. The van der Waals surface area contributed by atoms with Gasteiger partial charge < -0.3 is 0 Å². The van der Waals surface area contributed by atoms with Gasteiger partial charge in [-0.25, -0.2) is 0 Å². The molecule has 0 aliphatic heterocycles. The van der Waals surface area contributed by atoms with E-state index in [9.17, 15) is 0 Å². The van der Waals surface area contributed by atoms with Gasteiger partial charge in [0.1, 0.15) is 0 Å². The first-order valence-electron chi connectivity index (χ1n) is 6.98. The number of allylic oxidation sites excluding steroid dienone is 1. The van der Waals surface area contributed by atoms with E-state index in [-0.39, 0.29) is 5.41 Å². The van der Waals surface area contributed by atoms with Crippen LogP contribution in [0, 0.1) is 0 Å². The molecule has 0 heterocycles. The molecular formula is C19H20. The lowest BCUT2D eigenvalue weighted by Crippen LogP contribution is -2.15. The third-order valence-electron chi connectivity index (χ3n) is 4.42. The van der Waals surface area contributed by atoms with Crippen LogP contribution < -0.4 is 0 Å². The first-order chi connectivity index (χ1) is 9.05. The summed E-state index contributed by atoms with van der Waals surface area (Å²) in [4.78, 5) is 0. The summed E-state index contributed by atoms with van der Waals surface area (Å²) in [6.07, 6.45) is 1.01. The lowest BCUT2D eigenvalue weighted by Gasteiger charge is -2.22. The van der Waals surface area contributed by atoms with Crippen molar-refractivity contribution >= 4 is 5.57 Å². The quantitative estimate of drug-likeness (QED) is 0.666. The first kappa shape index (κ1) is 12.2. The molecule has 0 atom stereocenters. The van der Waals surface area contributed by atoms with Crippen LogP contribution in [0.15, 0.2) is 49.0 Å². The third-order valence-corrected chi connectivity index (χ3v) is 4.42.